The fraction of sp³-hybridized carbons (Fsp3) is 0.583. The zero-order valence-corrected chi connectivity index (χ0v) is 10.7. The Labute approximate surface area is 102 Å². The number of anilines is 1. The van der Waals surface area contributed by atoms with Gasteiger partial charge in [0.1, 0.15) is 12.1 Å². The van der Waals surface area contributed by atoms with Crippen LogP contribution in [0.3, 0.4) is 0 Å². The van der Waals surface area contributed by atoms with Crippen LogP contribution in [0, 0.1) is 6.92 Å². The van der Waals surface area contributed by atoms with Crippen molar-refractivity contribution in [2.45, 2.75) is 27.2 Å². The molecule has 0 radical (unpaired) electrons. The highest BCUT2D eigenvalue weighted by Gasteiger charge is 2.08. The zero-order chi connectivity index (χ0) is 12.7. The second kappa shape index (κ2) is 6.83. The minimum atomic E-state index is 0.174. The molecule has 1 N–H and O–H groups in total. The molecule has 0 aliphatic heterocycles. The average molecular weight is 236 g/mol. The van der Waals surface area contributed by atoms with E-state index in [2.05, 4.69) is 15.3 Å². The van der Waals surface area contributed by atoms with Gasteiger partial charge in [0.15, 0.2) is 0 Å². The summed E-state index contributed by atoms with van der Waals surface area (Å²) in [6, 6.07) is 1.86. The maximum absolute atomic E-state index is 11.7. The Morgan fingerprint density at radius 3 is 2.65 bits per heavy atom. The van der Waals surface area contributed by atoms with Crippen LogP contribution in [0.5, 0.6) is 0 Å². The van der Waals surface area contributed by atoms with E-state index < -0.39 is 0 Å². The van der Waals surface area contributed by atoms with E-state index in [9.17, 15) is 4.79 Å². The first-order valence-electron chi connectivity index (χ1n) is 5.97. The molecule has 5 heteroatoms. The molecule has 0 aliphatic carbocycles. The molecule has 0 aromatic carbocycles. The molecule has 1 heterocycles. The standard InChI is InChI=1S/C12H20N4O/c1-4-16(5-2)12(17)6-7-13-11-8-10(3)14-9-15-11/h8-9H,4-7H2,1-3H3,(H,13,14,15). The number of hydrogen-bond donors (Lipinski definition) is 1. The van der Waals surface area contributed by atoms with Crippen LogP contribution in [-0.4, -0.2) is 40.4 Å². The summed E-state index contributed by atoms with van der Waals surface area (Å²) in [5.41, 5.74) is 0.914. The molecular formula is C12H20N4O. The largest absolute Gasteiger partial charge is 0.369 e. The fourth-order valence-electron chi connectivity index (χ4n) is 1.58. The Balaban J connectivity index is 2.35. The maximum atomic E-state index is 11.7. The first-order chi connectivity index (χ1) is 8.17. The van der Waals surface area contributed by atoms with Gasteiger partial charge in [0, 0.05) is 37.8 Å². The van der Waals surface area contributed by atoms with Gasteiger partial charge < -0.3 is 10.2 Å². The van der Waals surface area contributed by atoms with Gasteiger partial charge in [-0.1, -0.05) is 0 Å². The summed E-state index contributed by atoms with van der Waals surface area (Å²) in [6.45, 7) is 8.02. The molecule has 0 fully saturated rings. The Kier molecular flexibility index (Phi) is 5.39. The Morgan fingerprint density at radius 2 is 2.06 bits per heavy atom. The molecule has 94 valence electrons. The molecule has 0 bridgehead atoms. The van der Waals surface area contributed by atoms with Crippen LogP contribution in [0.1, 0.15) is 26.0 Å². The second-order valence-corrected chi connectivity index (χ2v) is 3.79. The average Bonchev–Trinajstić information content (AvgIpc) is 2.30. The van der Waals surface area contributed by atoms with Gasteiger partial charge in [0.05, 0.1) is 0 Å². The molecule has 17 heavy (non-hydrogen) atoms. The van der Waals surface area contributed by atoms with Crippen LogP contribution in [0.4, 0.5) is 5.82 Å². The number of aromatic nitrogens is 2. The summed E-state index contributed by atoms with van der Waals surface area (Å²) in [5, 5.41) is 3.12. The maximum Gasteiger partial charge on any atom is 0.224 e. The predicted octanol–water partition coefficient (Wildman–Crippen LogP) is 1.46. The highest BCUT2D eigenvalue weighted by molar-refractivity contribution is 5.76. The lowest BCUT2D eigenvalue weighted by Crippen LogP contribution is -2.31. The Bertz CT molecular complexity index is 363. The number of hydrogen-bond acceptors (Lipinski definition) is 4. The molecule has 1 aromatic heterocycles. The highest BCUT2D eigenvalue weighted by Crippen LogP contribution is 2.03. The number of rotatable bonds is 6. The van der Waals surface area contributed by atoms with Crippen LogP contribution in [0.25, 0.3) is 0 Å². The third-order valence-corrected chi connectivity index (χ3v) is 2.56. The first kappa shape index (κ1) is 13.4. The van der Waals surface area contributed by atoms with E-state index in [1.165, 1.54) is 6.33 Å². The van der Waals surface area contributed by atoms with Crippen molar-refractivity contribution >= 4 is 11.7 Å². The van der Waals surface area contributed by atoms with Crippen LogP contribution in [0.15, 0.2) is 12.4 Å². The number of aryl methyl sites for hydroxylation is 1. The van der Waals surface area contributed by atoms with Gasteiger partial charge in [-0.3, -0.25) is 4.79 Å². The third-order valence-electron chi connectivity index (χ3n) is 2.56. The van der Waals surface area contributed by atoms with Crippen molar-refractivity contribution in [2.24, 2.45) is 0 Å². The minimum Gasteiger partial charge on any atom is -0.369 e. The van der Waals surface area contributed by atoms with Crippen molar-refractivity contribution in [2.75, 3.05) is 25.0 Å². The minimum absolute atomic E-state index is 0.174. The summed E-state index contributed by atoms with van der Waals surface area (Å²) < 4.78 is 0. The fourth-order valence-corrected chi connectivity index (χ4v) is 1.58. The molecule has 0 saturated heterocycles. The van der Waals surface area contributed by atoms with Crippen molar-refractivity contribution in [1.82, 2.24) is 14.9 Å². The predicted molar refractivity (Wildman–Crippen MR) is 67.8 cm³/mol. The number of carbonyl (C=O) groups excluding carboxylic acids is 1. The Morgan fingerprint density at radius 1 is 1.35 bits per heavy atom. The van der Waals surface area contributed by atoms with Crippen LogP contribution in [0.2, 0.25) is 0 Å². The normalized spacial score (nSPS) is 10.1. The molecular weight excluding hydrogens is 216 g/mol. The molecule has 0 spiro atoms. The van der Waals surface area contributed by atoms with Gasteiger partial charge in [0.25, 0.3) is 0 Å². The first-order valence-corrected chi connectivity index (χ1v) is 5.97. The molecule has 1 amide bonds. The molecule has 0 unspecified atom stereocenters. The molecule has 1 aromatic rings. The summed E-state index contributed by atoms with van der Waals surface area (Å²) >= 11 is 0. The monoisotopic (exact) mass is 236 g/mol. The highest BCUT2D eigenvalue weighted by atomic mass is 16.2. The van der Waals surface area contributed by atoms with E-state index in [4.69, 9.17) is 0 Å². The van der Waals surface area contributed by atoms with Crippen molar-refractivity contribution in [3.05, 3.63) is 18.1 Å². The van der Waals surface area contributed by atoms with Gasteiger partial charge >= 0.3 is 0 Å². The van der Waals surface area contributed by atoms with Crippen molar-refractivity contribution in [1.29, 1.82) is 0 Å². The molecule has 0 aliphatic rings. The number of carbonyl (C=O) groups is 1. The Hall–Kier alpha value is -1.65. The topological polar surface area (TPSA) is 58.1 Å². The molecule has 5 nitrogen and oxygen atoms in total. The SMILES string of the molecule is CCN(CC)C(=O)CCNc1cc(C)ncn1. The van der Waals surface area contributed by atoms with E-state index in [1.807, 2.05) is 31.7 Å². The smallest absolute Gasteiger partial charge is 0.224 e. The van der Waals surface area contributed by atoms with Crippen molar-refractivity contribution in [3.63, 3.8) is 0 Å². The van der Waals surface area contributed by atoms with Crippen LogP contribution < -0.4 is 5.32 Å². The van der Waals surface area contributed by atoms with Crippen molar-refractivity contribution in [3.8, 4) is 0 Å². The summed E-state index contributed by atoms with van der Waals surface area (Å²) in [6.07, 6.45) is 2.01. The zero-order valence-electron chi connectivity index (χ0n) is 10.7. The van der Waals surface area contributed by atoms with E-state index in [0.29, 0.717) is 13.0 Å². The van der Waals surface area contributed by atoms with E-state index >= 15 is 0 Å². The summed E-state index contributed by atoms with van der Waals surface area (Å²) in [4.78, 5) is 21.6. The summed E-state index contributed by atoms with van der Waals surface area (Å²) in [5.74, 6) is 0.943. The number of nitrogens with zero attached hydrogens (tertiary/aromatic N) is 3. The summed E-state index contributed by atoms with van der Waals surface area (Å²) in [7, 11) is 0. The van der Waals surface area contributed by atoms with Gasteiger partial charge in [-0.2, -0.15) is 0 Å². The van der Waals surface area contributed by atoms with Crippen LogP contribution in [-0.2, 0) is 4.79 Å². The number of amides is 1. The van der Waals surface area contributed by atoms with E-state index in [1.54, 1.807) is 0 Å². The van der Waals surface area contributed by atoms with Gasteiger partial charge in [0.2, 0.25) is 5.91 Å². The third kappa shape index (κ3) is 4.38. The lowest BCUT2D eigenvalue weighted by molar-refractivity contribution is -0.130. The molecule has 0 saturated carbocycles. The van der Waals surface area contributed by atoms with Gasteiger partial charge in [-0.15, -0.1) is 0 Å². The van der Waals surface area contributed by atoms with Crippen molar-refractivity contribution < 1.29 is 4.79 Å². The lowest BCUT2D eigenvalue weighted by atomic mass is 10.3. The van der Waals surface area contributed by atoms with Crippen LogP contribution >= 0.6 is 0 Å². The lowest BCUT2D eigenvalue weighted by Gasteiger charge is -2.18. The molecule has 1 rings (SSSR count). The van der Waals surface area contributed by atoms with Gasteiger partial charge in [-0.25, -0.2) is 9.97 Å². The van der Waals surface area contributed by atoms with E-state index in [-0.39, 0.29) is 5.91 Å². The second-order valence-electron chi connectivity index (χ2n) is 3.79. The number of nitrogens with one attached hydrogen (secondary N) is 1. The van der Waals surface area contributed by atoms with E-state index in [0.717, 1.165) is 24.6 Å². The molecule has 0 atom stereocenters. The quantitative estimate of drug-likeness (QED) is 0.812. The van der Waals surface area contributed by atoms with Gasteiger partial charge in [-0.05, 0) is 20.8 Å².